The average Bonchev–Trinajstić information content (AvgIpc) is 3.15. The Kier molecular flexibility index (Phi) is 7.26. The second-order valence-electron chi connectivity index (χ2n) is 6.89. The van der Waals surface area contributed by atoms with Gasteiger partial charge in [0.15, 0.2) is 0 Å². The summed E-state index contributed by atoms with van der Waals surface area (Å²) in [5.74, 6) is 0.0285. The van der Waals surface area contributed by atoms with E-state index in [9.17, 15) is 4.79 Å². The number of amides is 1. The second kappa shape index (κ2) is 10.1. The highest BCUT2D eigenvalue weighted by molar-refractivity contribution is 5.94. The first kappa shape index (κ1) is 20.9. The largest absolute Gasteiger partial charge is 0.330 e. The summed E-state index contributed by atoms with van der Waals surface area (Å²) in [5, 5.41) is 14.6. The van der Waals surface area contributed by atoms with Crippen LogP contribution in [0.5, 0.6) is 0 Å². The highest BCUT2D eigenvalue weighted by Gasteiger charge is 2.26. The van der Waals surface area contributed by atoms with Crippen molar-refractivity contribution in [2.45, 2.75) is 31.8 Å². The number of tetrazole rings is 1. The summed E-state index contributed by atoms with van der Waals surface area (Å²) in [5.41, 5.74) is 2.37. The monoisotopic (exact) mass is 413 g/mol. The molecule has 1 aromatic carbocycles. The Morgan fingerprint density at radius 3 is 2.72 bits per heavy atom. The van der Waals surface area contributed by atoms with Crippen molar-refractivity contribution in [1.29, 1.82) is 0 Å². The van der Waals surface area contributed by atoms with Crippen molar-refractivity contribution < 1.29 is 4.79 Å². The number of carbonyl (C=O) groups excluding carboxylic acids is 1. The predicted octanol–water partition coefficient (Wildman–Crippen LogP) is 2.26. The van der Waals surface area contributed by atoms with E-state index in [1.54, 1.807) is 10.9 Å². The van der Waals surface area contributed by atoms with Crippen molar-refractivity contribution in [3.63, 3.8) is 0 Å². The lowest BCUT2D eigenvalue weighted by molar-refractivity contribution is 0.0642. The molecule has 0 aliphatic carbocycles. The first-order valence-corrected chi connectivity index (χ1v) is 9.56. The Bertz CT molecular complexity index is 879. The molecule has 0 radical (unpaired) electrons. The molecule has 1 atom stereocenters. The van der Waals surface area contributed by atoms with Crippen LogP contribution in [0.3, 0.4) is 0 Å². The van der Waals surface area contributed by atoms with E-state index in [0.717, 1.165) is 43.7 Å². The molecule has 1 unspecified atom stereocenters. The van der Waals surface area contributed by atoms with Gasteiger partial charge in [-0.05, 0) is 79.2 Å². The van der Waals surface area contributed by atoms with Crippen molar-refractivity contribution in [3.8, 4) is 5.69 Å². The Morgan fingerprint density at radius 1 is 1.14 bits per heavy atom. The lowest BCUT2D eigenvalue weighted by Crippen LogP contribution is -2.40. The fourth-order valence-corrected chi connectivity index (χ4v) is 3.55. The van der Waals surface area contributed by atoms with Crippen molar-refractivity contribution in [1.82, 2.24) is 35.4 Å². The molecule has 1 saturated heterocycles. The van der Waals surface area contributed by atoms with Gasteiger partial charge in [0, 0.05) is 17.8 Å². The Hall–Kier alpha value is -2.84. The maximum absolute atomic E-state index is 13.4. The van der Waals surface area contributed by atoms with Crippen LogP contribution in [-0.2, 0) is 6.54 Å². The van der Waals surface area contributed by atoms with Crippen LogP contribution in [-0.4, -0.2) is 55.1 Å². The van der Waals surface area contributed by atoms with Crippen LogP contribution < -0.4 is 5.32 Å². The fraction of sp³-hybridized carbons (Fsp3) is 0.350. The summed E-state index contributed by atoms with van der Waals surface area (Å²) in [6.07, 6.45) is 6.31. The normalized spacial score (nSPS) is 16.5. The molecule has 1 aliphatic rings. The third-order valence-electron chi connectivity index (χ3n) is 5.03. The maximum atomic E-state index is 13.4. The van der Waals surface area contributed by atoms with Crippen LogP contribution in [0, 0.1) is 0 Å². The molecule has 1 aliphatic heterocycles. The van der Waals surface area contributed by atoms with Gasteiger partial charge in [0.05, 0.1) is 17.9 Å². The van der Waals surface area contributed by atoms with Gasteiger partial charge in [-0.1, -0.05) is 6.07 Å². The Morgan fingerprint density at radius 2 is 2.00 bits per heavy atom. The highest BCUT2D eigenvalue weighted by Crippen LogP contribution is 2.20. The van der Waals surface area contributed by atoms with Crippen LogP contribution in [0.1, 0.15) is 35.3 Å². The lowest BCUT2D eigenvalue weighted by Gasteiger charge is -2.31. The third kappa shape index (κ3) is 5.16. The minimum absolute atomic E-state index is 0. The minimum atomic E-state index is 0. The summed E-state index contributed by atoms with van der Waals surface area (Å²) >= 11 is 0. The van der Waals surface area contributed by atoms with E-state index in [-0.39, 0.29) is 24.4 Å². The van der Waals surface area contributed by atoms with Crippen LogP contribution in [0.15, 0.2) is 55.0 Å². The SMILES string of the molecule is Cl.O=C(c1ccc(-n2cnnn2)cc1)N(Cc1ccccn1)C1CCCNCC1. The third-order valence-corrected chi connectivity index (χ3v) is 5.03. The number of hydrogen-bond acceptors (Lipinski definition) is 6. The van der Waals surface area contributed by atoms with Crippen molar-refractivity contribution in [2.75, 3.05) is 13.1 Å². The standard InChI is InChI=1S/C20H23N7O.ClH/c28-20(16-6-8-19(9-7-16)27-15-23-24-25-27)26(14-17-4-1-2-12-22-17)18-5-3-11-21-13-10-18;/h1-2,4,6-9,12,15,18,21H,3,5,10-11,13-14H2;1H. The number of hydrogen-bond donors (Lipinski definition) is 1. The van der Waals surface area contributed by atoms with Crippen LogP contribution in [0.4, 0.5) is 0 Å². The van der Waals surface area contributed by atoms with Crippen molar-refractivity contribution >= 4 is 18.3 Å². The zero-order chi connectivity index (χ0) is 19.2. The van der Waals surface area contributed by atoms with Gasteiger partial charge in [-0.25, -0.2) is 4.68 Å². The summed E-state index contributed by atoms with van der Waals surface area (Å²) in [7, 11) is 0. The number of halogens is 1. The van der Waals surface area contributed by atoms with Gasteiger partial charge in [-0.15, -0.1) is 17.5 Å². The highest BCUT2D eigenvalue weighted by atomic mass is 35.5. The van der Waals surface area contributed by atoms with Gasteiger partial charge in [0.25, 0.3) is 5.91 Å². The van der Waals surface area contributed by atoms with E-state index in [0.29, 0.717) is 12.1 Å². The molecule has 3 heterocycles. The molecule has 2 aromatic heterocycles. The molecule has 3 aromatic rings. The molecular weight excluding hydrogens is 390 g/mol. The van der Waals surface area contributed by atoms with E-state index >= 15 is 0 Å². The molecule has 8 nitrogen and oxygen atoms in total. The number of rotatable bonds is 5. The Labute approximate surface area is 175 Å². The molecule has 4 rings (SSSR count). The first-order chi connectivity index (χ1) is 13.8. The summed E-state index contributed by atoms with van der Waals surface area (Å²) < 4.78 is 1.57. The molecule has 0 bridgehead atoms. The molecular formula is C20H24ClN7O. The van der Waals surface area contributed by atoms with Gasteiger partial charge in [0.1, 0.15) is 6.33 Å². The van der Waals surface area contributed by atoms with E-state index in [1.807, 2.05) is 47.4 Å². The van der Waals surface area contributed by atoms with Crippen molar-refractivity contribution in [2.24, 2.45) is 0 Å². The van der Waals surface area contributed by atoms with E-state index in [4.69, 9.17) is 0 Å². The molecule has 0 spiro atoms. The summed E-state index contributed by atoms with van der Waals surface area (Å²) in [4.78, 5) is 19.8. The van der Waals surface area contributed by atoms with Gasteiger partial charge in [-0.2, -0.15) is 0 Å². The molecule has 1 N–H and O–H groups in total. The lowest BCUT2D eigenvalue weighted by atomic mass is 10.0. The topological polar surface area (TPSA) is 88.8 Å². The molecule has 1 fully saturated rings. The summed E-state index contributed by atoms with van der Waals surface area (Å²) in [6, 6.07) is 13.4. The molecule has 1 amide bonds. The quantitative estimate of drug-likeness (QED) is 0.690. The van der Waals surface area contributed by atoms with Crippen LogP contribution >= 0.6 is 12.4 Å². The van der Waals surface area contributed by atoms with Crippen LogP contribution in [0.25, 0.3) is 5.69 Å². The van der Waals surface area contributed by atoms with Crippen LogP contribution in [0.2, 0.25) is 0 Å². The number of nitrogens with zero attached hydrogens (tertiary/aromatic N) is 6. The van der Waals surface area contributed by atoms with E-state index in [2.05, 4.69) is 25.8 Å². The van der Waals surface area contributed by atoms with Gasteiger partial charge >= 0.3 is 0 Å². The van der Waals surface area contributed by atoms with Crippen molar-refractivity contribution in [3.05, 3.63) is 66.2 Å². The average molecular weight is 414 g/mol. The van der Waals surface area contributed by atoms with E-state index < -0.39 is 0 Å². The number of benzene rings is 1. The maximum Gasteiger partial charge on any atom is 0.254 e. The zero-order valence-corrected chi connectivity index (χ0v) is 16.8. The fourth-order valence-electron chi connectivity index (χ4n) is 3.55. The number of pyridine rings is 1. The smallest absolute Gasteiger partial charge is 0.254 e. The Balaban J connectivity index is 0.00000240. The van der Waals surface area contributed by atoms with Gasteiger partial charge in [-0.3, -0.25) is 9.78 Å². The first-order valence-electron chi connectivity index (χ1n) is 9.56. The number of nitrogens with one attached hydrogen (secondary N) is 1. The van der Waals surface area contributed by atoms with Gasteiger partial charge < -0.3 is 10.2 Å². The number of aromatic nitrogens is 5. The second-order valence-corrected chi connectivity index (χ2v) is 6.89. The zero-order valence-electron chi connectivity index (χ0n) is 16.0. The molecule has 152 valence electrons. The predicted molar refractivity (Wildman–Crippen MR) is 111 cm³/mol. The molecule has 0 saturated carbocycles. The summed E-state index contributed by atoms with van der Waals surface area (Å²) in [6.45, 7) is 2.44. The van der Waals surface area contributed by atoms with Gasteiger partial charge in [0.2, 0.25) is 0 Å². The minimum Gasteiger partial charge on any atom is -0.330 e. The van der Waals surface area contributed by atoms with E-state index in [1.165, 1.54) is 6.33 Å². The number of carbonyl (C=O) groups is 1. The molecule has 29 heavy (non-hydrogen) atoms. The molecule has 9 heteroatoms.